The number of hydrogen-bond donors (Lipinski definition) is 1. The van der Waals surface area contributed by atoms with Crippen LogP contribution in [0.5, 0.6) is 5.75 Å². The largest absolute Gasteiger partial charge is 0.489 e. The molecule has 1 aliphatic carbocycles. The number of hydrogen-bond acceptors (Lipinski definition) is 4. The van der Waals surface area contributed by atoms with Crippen LogP contribution in [0.3, 0.4) is 0 Å². The Morgan fingerprint density at radius 1 is 0.977 bits per heavy atom. The number of halogens is 1. The summed E-state index contributed by atoms with van der Waals surface area (Å²) < 4.78 is 8.80. The molecule has 0 bridgehead atoms. The number of benzene rings is 3. The van der Waals surface area contributed by atoms with E-state index in [0.29, 0.717) is 28.9 Å². The summed E-state index contributed by atoms with van der Waals surface area (Å²) >= 11 is 6.64. The van der Waals surface area contributed by atoms with Gasteiger partial charge in [-0.25, -0.2) is 0 Å². The van der Waals surface area contributed by atoms with Crippen LogP contribution in [0.1, 0.15) is 80.8 Å². The van der Waals surface area contributed by atoms with Crippen molar-refractivity contribution in [1.29, 1.82) is 0 Å². The van der Waals surface area contributed by atoms with Crippen LogP contribution in [0.4, 0.5) is 0 Å². The maximum atomic E-state index is 13.0. The molecule has 1 N–H and O–H groups in total. The second-order valence-electron chi connectivity index (χ2n) is 13.4. The van der Waals surface area contributed by atoms with Crippen LogP contribution in [0.2, 0.25) is 5.02 Å². The number of rotatable bonds is 9. The van der Waals surface area contributed by atoms with Gasteiger partial charge >= 0.3 is 0 Å². The summed E-state index contributed by atoms with van der Waals surface area (Å²) in [7, 11) is 4.24. The molecule has 2 heterocycles. The molecule has 4 aromatic rings. The minimum Gasteiger partial charge on any atom is -0.489 e. The van der Waals surface area contributed by atoms with Crippen LogP contribution in [0.25, 0.3) is 21.8 Å². The molecule has 1 saturated carbocycles. The molecule has 6 rings (SSSR count). The normalized spacial score (nSPS) is 18.0. The lowest BCUT2D eigenvalue weighted by atomic mass is 9.80. The van der Waals surface area contributed by atoms with Crippen molar-refractivity contribution in [1.82, 2.24) is 19.7 Å². The van der Waals surface area contributed by atoms with Crippen LogP contribution in [0, 0.1) is 0 Å². The van der Waals surface area contributed by atoms with Crippen molar-refractivity contribution in [3.8, 4) is 5.75 Å². The summed E-state index contributed by atoms with van der Waals surface area (Å²) in [4.78, 5) is 17.8. The van der Waals surface area contributed by atoms with Gasteiger partial charge in [0.25, 0.3) is 5.91 Å². The molecule has 1 saturated heterocycles. The molecule has 234 valence electrons. The number of fused-ring (bicyclic) bond motifs is 3. The highest BCUT2D eigenvalue weighted by atomic mass is 35.5. The molecule has 0 atom stereocenters. The van der Waals surface area contributed by atoms with E-state index in [9.17, 15) is 4.79 Å². The molecule has 2 aliphatic rings. The minimum absolute atomic E-state index is 0.0382. The molecule has 1 aromatic heterocycles. The summed E-state index contributed by atoms with van der Waals surface area (Å²) in [6.45, 7) is 8.04. The van der Waals surface area contributed by atoms with Gasteiger partial charge in [0.2, 0.25) is 0 Å². The lowest BCUT2D eigenvalue weighted by molar-refractivity contribution is 0.0799. The maximum Gasteiger partial charge on any atom is 0.251 e. The SMILES string of the molecule is CC(C)n1c2ccccc2c2cc(CN3CCC(Oc4ccc(C(=O)NCC5(N(C)C)CCCCC5)cc4Cl)CC3)ccc21. The lowest BCUT2D eigenvalue weighted by Crippen LogP contribution is -2.53. The van der Waals surface area contributed by atoms with Crippen LogP contribution in [-0.4, -0.2) is 65.6 Å². The van der Waals surface area contributed by atoms with Crippen molar-refractivity contribution < 1.29 is 9.53 Å². The summed E-state index contributed by atoms with van der Waals surface area (Å²) in [6, 6.07) is 21.5. The predicted octanol–water partition coefficient (Wildman–Crippen LogP) is 8.07. The van der Waals surface area contributed by atoms with E-state index >= 15 is 0 Å². The number of carbonyl (C=O) groups is 1. The number of carbonyl (C=O) groups excluding carboxylic acids is 1. The fraction of sp³-hybridized carbons (Fsp3) is 0.486. The number of nitrogens with zero attached hydrogens (tertiary/aromatic N) is 3. The van der Waals surface area contributed by atoms with Crippen molar-refractivity contribution in [3.63, 3.8) is 0 Å². The molecule has 44 heavy (non-hydrogen) atoms. The molecule has 3 aromatic carbocycles. The summed E-state index contributed by atoms with van der Waals surface area (Å²) in [6.07, 6.45) is 7.94. The first-order chi connectivity index (χ1) is 21.2. The predicted molar refractivity (Wildman–Crippen MR) is 182 cm³/mol. The van der Waals surface area contributed by atoms with Gasteiger partial charge in [-0.2, -0.15) is 0 Å². The number of piperidine rings is 1. The number of likely N-dealkylation sites (N-methyl/N-ethyl adjacent to an activating group) is 1. The van der Waals surface area contributed by atoms with E-state index in [1.54, 1.807) is 6.07 Å². The number of para-hydroxylation sites is 1. The van der Waals surface area contributed by atoms with Gasteiger partial charge in [0.05, 0.1) is 5.02 Å². The Labute approximate surface area is 267 Å². The Morgan fingerprint density at radius 3 is 2.41 bits per heavy atom. The Kier molecular flexibility index (Phi) is 9.23. The fourth-order valence-electron chi connectivity index (χ4n) is 7.40. The summed E-state index contributed by atoms with van der Waals surface area (Å²) in [5.74, 6) is 0.580. The number of ether oxygens (including phenoxy) is 1. The molecule has 0 radical (unpaired) electrons. The first kappa shape index (κ1) is 30.9. The topological polar surface area (TPSA) is 49.7 Å². The zero-order chi connectivity index (χ0) is 30.8. The quantitative estimate of drug-likeness (QED) is 0.207. The van der Waals surface area contributed by atoms with Crippen molar-refractivity contribution >= 4 is 39.3 Å². The van der Waals surface area contributed by atoms with E-state index in [1.807, 2.05) is 12.1 Å². The molecule has 7 heteroatoms. The third kappa shape index (κ3) is 6.35. The van der Waals surface area contributed by atoms with Crippen molar-refractivity contribution in [2.45, 2.75) is 83.0 Å². The van der Waals surface area contributed by atoms with Crippen molar-refractivity contribution in [2.24, 2.45) is 0 Å². The van der Waals surface area contributed by atoms with Gasteiger partial charge in [-0.15, -0.1) is 0 Å². The molecule has 0 unspecified atom stereocenters. The molecular formula is C37H47ClN4O2. The Bertz CT molecular complexity index is 1610. The number of amides is 1. The highest BCUT2D eigenvalue weighted by molar-refractivity contribution is 6.32. The highest BCUT2D eigenvalue weighted by Gasteiger charge is 2.34. The van der Waals surface area contributed by atoms with E-state index in [0.717, 1.165) is 45.3 Å². The van der Waals surface area contributed by atoms with Gasteiger partial charge in [-0.1, -0.05) is 55.1 Å². The monoisotopic (exact) mass is 614 g/mol. The molecule has 2 fully saturated rings. The number of nitrogens with one attached hydrogen (secondary N) is 1. The van der Waals surface area contributed by atoms with E-state index in [-0.39, 0.29) is 17.6 Å². The Morgan fingerprint density at radius 2 is 1.70 bits per heavy atom. The van der Waals surface area contributed by atoms with Crippen LogP contribution in [-0.2, 0) is 6.54 Å². The van der Waals surface area contributed by atoms with E-state index in [1.165, 1.54) is 46.6 Å². The van der Waals surface area contributed by atoms with Gasteiger partial charge in [0.15, 0.2) is 0 Å². The third-order valence-electron chi connectivity index (χ3n) is 10.0. The fourth-order valence-corrected chi connectivity index (χ4v) is 7.63. The average molecular weight is 615 g/mol. The van der Waals surface area contributed by atoms with Crippen LogP contribution < -0.4 is 10.1 Å². The number of aromatic nitrogens is 1. The van der Waals surface area contributed by atoms with Gasteiger partial charge in [0, 0.05) is 65.1 Å². The first-order valence-electron chi connectivity index (χ1n) is 16.4. The van der Waals surface area contributed by atoms with Crippen LogP contribution in [0.15, 0.2) is 60.7 Å². The molecule has 0 spiro atoms. The van der Waals surface area contributed by atoms with Gasteiger partial charge in [-0.05, 0) is 95.6 Å². The number of likely N-dealkylation sites (tertiary alicyclic amines) is 1. The smallest absolute Gasteiger partial charge is 0.251 e. The third-order valence-corrected chi connectivity index (χ3v) is 10.3. The zero-order valence-electron chi connectivity index (χ0n) is 26.7. The van der Waals surface area contributed by atoms with E-state index < -0.39 is 0 Å². The average Bonchev–Trinajstić information content (AvgIpc) is 3.36. The lowest BCUT2D eigenvalue weighted by Gasteiger charge is -2.43. The van der Waals surface area contributed by atoms with Crippen LogP contribution >= 0.6 is 11.6 Å². The maximum absolute atomic E-state index is 13.0. The zero-order valence-corrected chi connectivity index (χ0v) is 27.5. The van der Waals surface area contributed by atoms with Crippen molar-refractivity contribution in [3.05, 3.63) is 76.8 Å². The van der Waals surface area contributed by atoms with E-state index in [4.69, 9.17) is 16.3 Å². The highest BCUT2D eigenvalue weighted by Crippen LogP contribution is 2.34. The summed E-state index contributed by atoms with van der Waals surface area (Å²) in [5, 5.41) is 6.34. The van der Waals surface area contributed by atoms with Gasteiger partial charge in [0.1, 0.15) is 11.9 Å². The second kappa shape index (κ2) is 13.1. The molecule has 1 amide bonds. The van der Waals surface area contributed by atoms with Crippen molar-refractivity contribution in [2.75, 3.05) is 33.7 Å². The molecule has 6 nitrogen and oxygen atoms in total. The second-order valence-corrected chi connectivity index (χ2v) is 13.8. The van der Waals surface area contributed by atoms with Gasteiger partial charge < -0.3 is 19.5 Å². The first-order valence-corrected chi connectivity index (χ1v) is 16.8. The van der Waals surface area contributed by atoms with Gasteiger partial charge in [-0.3, -0.25) is 9.69 Å². The standard InChI is InChI=1S/C37H47ClN4O2/c1-26(2)42-33-11-7-6-10-30(33)31-22-27(12-14-34(31)42)24-41-20-16-29(17-21-41)44-35-15-13-28(23-32(35)38)36(43)39-25-37(40(3)4)18-8-5-9-19-37/h6-7,10-15,22-23,26,29H,5,8-9,16-21,24-25H2,1-4H3,(H,39,43). The Balaban J connectivity index is 1.04. The van der Waals surface area contributed by atoms with E-state index in [2.05, 4.69) is 90.1 Å². The molecule has 1 aliphatic heterocycles. The Hall–Kier alpha value is -3.06. The summed E-state index contributed by atoms with van der Waals surface area (Å²) in [5.41, 5.74) is 4.57. The minimum atomic E-state index is -0.0782. The molecular weight excluding hydrogens is 568 g/mol.